The molecule has 0 aliphatic heterocycles. The number of rotatable bonds is 3. The minimum atomic E-state index is -2.65. The van der Waals surface area contributed by atoms with Gasteiger partial charge in [-0.05, 0) is 13.0 Å². The summed E-state index contributed by atoms with van der Waals surface area (Å²) in [5.41, 5.74) is 5.74. The standard InChI is InChI=1S/C9H10F2N2O/c1-5-6(4-14)2-7(9(10)11)8(3-12)13-5/h2,4,9H,3,12H2,1H3. The lowest BCUT2D eigenvalue weighted by atomic mass is 10.1. The van der Waals surface area contributed by atoms with Crippen LogP contribution < -0.4 is 5.73 Å². The molecular formula is C9H10F2N2O. The van der Waals surface area contributed by atoms with E-state index in [-0.39, 0.29) is 23.4 Å². The van der Waals surface area contributed by atoms with Gasteiger partial charge in [0.25, 0.3) is 6.43 Å². The lowest BCUT2D eigenvalue weighted by Gasteiger charge is -2.08. The molecule has 0 bridgehead atoms. The van der Waals surface area contributed by atoms with Crippen molar-refractivity contribution >= 4 is 6.29 Å². The molecule has 0 fully saturated rings. The number of aryl methyl sites for hydroxylation is 1. The van der Waals surface area contributed by atoms with Crippen LogP contribution in [0.3, 0.4) is 0 Å². The number of hydrogen-bond acceptors (Lipinski definition) is 3. The predicted octanol–water partition coefficient (Wildman–Crippen LogP) is 1.60. The van der Waals surface area contributed by atoms with Crippen molar-refractivity contribution in [3.05, 3.63) is 28.6 Å². The van der Waals surface area contributed by atoms with Gasteiger partial charge in [-0.3, -0.25) is 9.78 Å². The molecule has 0 aliphatic carbocycles. The summed E-state index contributed by atoms with van der Waals surface area (Å²) < 4.78 is 24.9. The zero-order valence-electron chi connectivity index (χ0n) is 7.63. The van der Waals surface area contributed by atoms with E-state index in [0.29, 0.717) is 12.0 Å². The highest BCUT2D eigenvalue weighted by Crippen LogP contribution is 2.23. The zero-order chi connectivity index (χ0) is 10.7. The van der Waals surface area contributed by atoms with Crippen molar-refractivity contribution in [1.29, 1.82) is 0 Å². The Balaban J connectivity index is 3.32. The van der Waals surface area contributed by atoms with Crippen LogP contribution in [-0.2, 0) is 6.54 Å². The van der Waals surface area contributed by atoms with Crippen LogP contribution in [0.2, 0.25) is 0 Å². The number of aldehydes is 1. The fourth-order valence-electron chi connectivity index (χ4n) is 1.16. The maximum absolute atomic E-state index is 12.5. The molecular weight excluding hydrogens is 190 g/mol. The summed E-state index contributed by atoms with van der Waals surface area (Å²) in [4.78, 5) is 14.3. The van der Waals surface area contributed by atoms with Gasteiger partial charge in [-0.15, -0.1) is 0 Å². The van der Waals surface area contributed by atoms with Gasteiger partial charge < -0.3 is 5.73 Å². The van der Waals surface area contributed by atoms with Crippen molar-refractivity contribution in [2.45, 2.75) is 19.9 Å². The van der Waals surface area contributed by atoms with Crippen molar-refractivity contribution in [3.8, 4) is 0 Å². The van der Waals surface area contributed by atoms with E-state index in [1.54, 1.807) is 6.92 Å². The minimum absolute atomic E-state index is 0.0559. The molecule has 0 spiro atoms. The molecule has 76 valence electrons. The Kier molecular flexibility index (Phi) is 3.24. The van der Waals surface area contributed by atoms with Gasteiger partial charge in [0.2, 0.25) is 0 Å². The summed E-state index contributed by atoms with van der Waals surface area (Å²) >= 11 is 0. The first-order valence-corrected chi connectivity index (χ1v) is 4.04. The second kappa shape index (κ2) is 4.23. The van der Waals surface area contributed by atoms with E-state index in [1.165, 1.54) is 0 Å². The Labute approximate surface area is 79.9 Å². The third-order valence-corrected chi connectivity index (χ3v) is 1.92. The maximum atomic E-state index is 12.5. The molecule has 0 radical (unpaired) electrons. The van der Waals surface area contributed by atoms with Crippen LogP contribution in [-0.4, -0.2) is 11.3 Å². The molecule has 1 heterocycles. The van der Waals surface area contributed by atoms with Crippen molar-refractivity contribution in [2.75, 3.05) is 0 Å². The molecule has 14 heavy (non-hydrogen) atoms. The number of hydrogen-bond donors (Lipinski definition) is 1. The van der Waals surface area contributed by atoms with Gasteiger partial charge >= 0.3 is 0 Å². The van der Waals surface area contributed by atoms with Crippen molar-refractivity contribution in [3.63, 3.8) is 0 Å². The Morgan fingerprint density at radius 2 is 2.29 bits per heavy atom. The van der Waals surface area contributed by atoms with Crippen molar-refractivity contribution < 1.29 is 13.6 Å². The van der Waals surface area contributed by atoms with Gasteiger partial charge in [0.1, 0.15) is 0 Å². The Hall–Kier alpha value is -1.36. The third kappa shape index (κ3) is 1.93. The van der Waals surface area contributed by atoms with Crippen LogP contribution in [0, 0.1) is 6.92 Å². The molecule has 0 aromatic carbocycles. The first-order chi connectivity index (χ1) is 6.60. The summed E-state index contributed by atoms with van der Waals surface area (Å²) in [7, 11) is 0. The summed E-state index contributed by atoms with van der Waals surface area (Å²) in [6, 6.07) is 1.14. The van der Waals surface area contributed by atoms with Gasteiger partial charge in [-0.1, -0.05) is 0 Å². The third-order valence-electron chi connectivity index (χ3n) is 1.92. The Bertz CT molecular complexity index is 353. The summed E-state index contributed by atoms with van der Waals surface area (Å²) in [5, 5.41) is 0. The van der Waals surface area contributed by atoms with E-state index >= 15 is 0 Å². The zero-order valence-corrected chi connectivity index (χ0v) is 7.63. The number of pyridine rings is 1. The molecule has 0 saturated carbocycles. The Morgan fingerprint density at radius 3 is 2.71 bits per heavy atom. The molecule has 1 rings (SSSR count). The van der Waals surface area contributed by atoms with Crippen LogP contribution in [0.15, 0.2) is 6.07 Å². The Morgan fingerprint density at radius 1 is 1.64 bits per heavy atom. The van der Waals surface area contributed by atoms with E-state index in [2.05, 4.69) is 4.98 Å². The topological polar surface area (TPSA) is 56.0 Å². The largest absolute Gasteiger partial charge is 0.325 e. The molecule has 2 N–H and O–H groups in total. The fourth-order valence-corrected chi connectivity index (χ4v) is 1.16. The van der Waals surface area contributed by atoms with Crippen LogP contribution in [0.5, 0.6) is 0 Å². The van der Waals surface area contributed by atoms with Crippen LogP contribution in [0.4, 0.5) is 8.78 Å². The van der Waals surface area contributed by atoms with Crippen molar-refractivity contribution in [1.82, 2.24) is 4.98 Å². The number of alkyl halides is 2. The van der Waals surface area contributed by atoms with E-state index < -0.39 is 6.43 Å². The highest BCUT2D eigenvalue weighted by Gasteiger charge is 2.15. The molecule has 1 aromatic rings. The van der Waals surface area contributed by atoms with E-state index in [0.717, 1.165) is 6.07 Å². The molecule has 0 atom stereocenters. The maximum Gasteiger partial charge on any atom is 0.265 e. The number of carbonyl (C=O) groups is 1. The second-order valence-electron chi connectivity index (χ2n) is 2.82. The molecule has 1 aromatic heterocycles. The van der Waals surface area contributed by atoms with Crippen LogP contribution in [0.25, 0.3) is 0 Å². The highest BCUT2D eigenvalue weighted by atomic mass is 19.3. The first-order valence-electron chi connectivity index (χ1n) is 4.04. The average molecular weight is 200 g/mol. The molecule has 0 aliphatic rings. The van der Waals surface area contributed by atoms with Gasteiger partial charge in [-0.25, -0.2) is 8.78 Å². The van der Waals surface area contributed by atoms with Gasteiger partial charge in [0.05, 0.1) is 5.69 Å². The number of halogens is 2. The molecule has 3 nitrogen and oxygen atoms in total. The lowest BCUT2D eigenvalue weighted by Crippen LogP contribution is -2.08. The number of nitrogens with zero attached hydrogens (tertiary/aromatic N) is 1. The summed E-state index contributed by atoms with van der Waals surface area (Å²) in [5.74, 6) is 0. The van der Waals surface area contributed by atoms with E-state index in [1.807, 2.05) is 0 Å². The van der Waals surface area contributed by atoms with Crippen LogP contribution in [0.1, 0.15) is 33.7 Å². The van der Waals surface area contributed by atoms with Gasteiger partial charge in [0.15, 0.2) is 6.29 Å². The molecule has 0 saturated heterocycles. The van der Waals surface area contributed by atoms with Crippen LogP contribution >= 0.6 is 0 Å². The summed E-state index contributed by atoms with van der Waals surface area (Å²) in [6.07, 6.45) is -2.14. The number of aromatic nitrogens is 1. The van der Waals surface area contributed by atoms with E-state index in [4.69, 9.17) is 5.73 Å². The molecule has 0 unspecified atom stereocenters. The molecule has 0 amide bonds. The molecule has 5 heteroatoms. The monoisotopic (exact) mass is 200 g/mol. The van der Waals surface area contributed by atoms with Gasteiger partial charge in [-0.2, -0.15) is 0 Å². The predicted molar refractivity (Wildman–Crippen MR) is 47.2 cm³/mol. The first kappa shape index (κ1) is 10.7. The smallest absolute Gasteiger partial charge is 0.265 e. The summed E-state index contributed by atoms with van der Waals surface area (Å²) in [6.45, 7) is 1.53. The minimum Gasteiger partial charge on any atom is -0.325 e. The quantitative estimate of drug-likeness (QED) is 0.754. The lowest BCUT2D eigenvalue weighted by molar-refractivity contribution is 0.112. The normalized spacial score (nSPS) is 10.6. The highest BCUT2D eigenvalue weighted by molar-refractivity contribution is 5.76. The number of nitrogens with two attached hydrogens (primary N) is 1. The fraction of sp³-hybridized carbons (Fsp3) is 0.333. The van der Waals surface area contributed by atoms with E-state index in [9.17, 15) is 13.6 Å². The second-order valence-corrected chi connectivity index (χ2v) is 2.82. The SMILES string of the molecule is Cc1nc(CN)c(C(F)F)cc1C=O. The van der Waals surface area contributed by atoms with Gasteiger partial charge in [0, 0.05) is 23.4 Å². The average Bonchev–Trinajstić information content (AvgIpc) is 2.16. The number of carbonyl (C=O) groups excluding carboxylic acids is 1. The van der Waals surface area contributed by atoms with Crippen molar-refractivity contribution in [2.24, 2.45) is 5.73 Å².